The Labute approximate surface area is 120 Å². The number of hydrogen-bond donors (Lipinski definition) is 2. The normalized spacial score (nSPS) is 15.9. The number of nitrogens with one attached hydrogen (secondary N) is 2. The largest absolute Gasteiger partial charge is 0.381 e. The zero-order valence-electron chi connectivity index (χ0n) is 10.7. The summed E-state index contributed by atoms with van der Waals surface area (Å²) >= 11 is 5.72. The molecule has 0 spiro atoms. The van der Waals surface area contributed by atoms with Crippen LogP contribution in [-0.4, -0.2) is 31.7 Å². The molecular weight excluding hydrogens is 290 g/mol. The van der Waals surface area contributed by atoms with Gasteiger partial charge in [-0.15, -0.1) is 0 Å². The van der Waals surface area contributed by atoms with E-state index in [0.717, 1.165) is 18.9 Å². The van der Waals surface area contributed by atoms with Gasteiger partial charge in [0.25, 0.3) is 0 Å². The number of benzene rings is 1. The summed E-state index contributed by atoms with van der Waals surface area (Å²) in [6.45, 7) is 1.12. The van der Waals surface area contributed by atoms with Crippen LogP contribution in [0.3, 0.4) is 0 Å². The highest BCUT2D eigenvalue weighted by Crippen LogP contribution is 2.26. The van der Waals surface area contributed by atoms with Crippen LogP contribution in [0.15, 0.2) is 12.1 Å². The van der Waals surface area contributed by atoms with Crippen molar-refractivity contribution in [2.24, 2.45) is 0 Å². The molecule has 0 radical (unpaired) electrons. The molecule has 1 amide bonds. The van der Waals surface area contributed by atoms with Crippen LogP contribution < -0.4 is 10.6 Å². The predicted molar refractivity (Wildman–Crippen MR) is 71.8 cm³/mol. The molecule has 20 heavy (non-hydrogen) atoms. The molecule has 0 unspecified atom stereocenters. The zero-order chi connectivity index (χ0) is 14.5. The Hall–Kier alpha value is -1.40. The second-order valence-electron chi connectivity index (χ2n) is 4.55. The number of hydrogen-bond acceptors (Lipinski definition) is 3. The summed E-state index contributed by atoms with van der Waals surface area (Å²) in [4.78, 5) is 11.7. The molecule has 0 bridgehead atoms. The number of ether oxygens (including phenoxy) is 1. The summed E-state index contributed by atoms with van der Waals surface area (Å²) in [5, 5.41) is 5.30. The molecule has 2 N–H and O–H groups in total. The Kier molecular flexibility index (Phi) is 5.14. The lowest BCUT2D eigenvalue weighted by Crippen LogP contribution is -2.41. The molecule has 1 aliphatic heterocycles. The van der Waals surface area contributed by atoms with E-state index in [1.165, 1.54) is 0 Å². The Morgan fingerprint density at radius 2 is 2.05 bits per heavy atom. The van der Waals surface area contributed by atoms with Gasteiger partial charge in [-0.1, -0.05) is 11.6 Å². The molecule has 7 heteroatoms. The lowest BCUT2D eigenvalue weighted by atomic mass is 10.1. The number of rotatable bonds is 4. The number of anilines is 1. The van der Waals surface area contributed by atoms with Crippen molar-refractivity contribution in [3.8, 4) is 0 Å². The Morgan fingerprint density at radius 1 is 1.35 bits per heavy atom. The van der Waals surface area contributed by atoms with Gasteiger partial charge in [0.2, 0.25) is 5.91 Å². The van der Waals surface area contributed by atoms with Crippen LogP contribution in [0.5, 0.6) is 0 Å². The molecule has 110 valence electrons. The highest BCUT2D eigenvalue weighted by molar-refractivity contribution is 6.33. The molecule has 1 aromatic carbocycles. The molecule has 2 rings (SSSR count). The van der Waals surface area contributed by atoms with E-state index in [2.05, 4.69) is 10.6 Å². The van der Waals surface area contributed by atoms with Crippen LogP contribution >= 0.6 is 11.6 Å². The monoisotopic (exact) mass is 304 g/mol. The van der Waals surface area contributed by atoms with Crippen molar-refractivity contribution in [2.45, 2.75) is 18.9 Å². The van der Waals surface area contributed by atoms with Gasteiger partial charge < -0.3 is 15.4 Å². The van der Waals surface area contributed by atoms with E-state index < -0.39 is 11.6 Å². The SMILES string of the molecule is O=C(CNc1c(F)cc(F)cc1Cl)NC1CCOCC1. The van der Waals surface area contributed by atoms with Gasteiger partial charge in [0.15, 0.2) is 5.82 Å². The lowest BCUT2D eigenvalue weighted by molar-refractivity contribution is -0.120. The van der Waals surface area contributed by atoms with Crippen molar-refractivity contribution in [3.63, 3.8) is 0 Å². The summed E-state index contributed by atoms with van der Waals surface area (Å²) in [5.41, 5.74) is -0.0739. The van der Waals surface area contributed by atoms with E-state index in [-0.39, 0.29) is 29.2 Å². The van der Waals surface area contributed by atoms with Gasteiger partial charge in [0.1, 0.15) is 5.82 Å². The molecule has 0 aliphatic carbocycles. The van der Waals surface area contributed by atoms with E-state index in [9.17, 15) is 13.6 Å². The van der Waals surface area contributed by atoms with Crippen molar-refractivity contribution >= 4 is 23.2 Å². The van der Waals surface area contributed by atoms with Gasteiger partial charge in [-0.2, -0.15) is 0 Å². The maximum atomic E-state index is 13.5. The van der Waals surface area contributed by atoms with E-state index in [4.69, 9.17) is 16.3 Å². The first-order chi connectivity index (χ1) is 9.56. The molecule has 0 aromatic heterocycles. The highest BCUT2D eigenvalue weighted by Gasteiger charge is 2.16. The first-order valence-electron chi connectivity index (χ1n) is 6.32. The molecule has 1 aliphatic rings. The van der Waals surface area contributed by atoms with Crippen molar-refractivity contribution in [1.29, 1.82) is 0 Å². The van der Waals surface area contributed by atoms with Crippen molar-refractivity contribution < 1.29 is 18.3 Å². The van der Waals surface area contributed by atoms with Gasteiger partial charge in [-0.05, 0) is 18.9 Å². The quantitative estimate of drug-likeness (QED) is 0.897. The second-order valence-corrected chi connectivity index (χ2v) is 4.96. The predicted octanol–water partition coefficient (Wildman–Crippen LogP) is 2.33. The third-order valence-electron chi connectivity index (χ3n) is 3.02. The standard InChI is InChI=1S/C13H15ClF2N2O2/c14-10-5-8(15)6-11(16)13(10)17-7-12(19)18-9-1-3-20-4-2-9/h5-6,9,17H,1-4,7H2,(H,18,19). The fourth-order valence-electron chi connectivity index (χ4n) is 2.00. The average molecular weight is 305 g/mol. The maximum absolute atomic E-state index is 13.5. The van der Waals surface area contributed by atoms with Gasteiger partial charge >= 0.3 is 0 Å². The van der Waals surface area contributed by atoms with E-state index in [1.807, 2.05) is 0 Å². The van der Waals surface area contributed by atoms with E-state index in [1.54, 1.807) is 0 Å². The molecule has 0 atom stereocenters. The molecule has 1 heterocycles. The van der Waals surface area contributed by atoms with Crippen molar-refractivity contribution in [3.05, 3.63) is 28.8 Å². The molecule has 1 fully saturated rings. The fourth-order valence-corrected chi connectivity index (χ4v) is 2.26. The highest BCUT2D eigenvalue weighted by atomic mass is 35.5. The summed E-state index contributed by atoms with van der Waals surface area (Å²) in [6.07, 6.45) is 1.52. The Bertz CT molecular complexity index is 470. The van der Waals surface area contributed by atoms with Crippen LogP contribution in [0.2, 0.25) is 5.02 Å². The minimum Gasteiger partial charge on any atom is -0.381 e. The van der Waals surface area contributed by atoms with Gasteiger partial charge in [0, 0.05) is 25.3 Å². The topological polar surface area (TPSA) is 50.4 Å². The number of carbonyl (C=O) groups is 1. The minimum atomic E-state index is -0.825. The van der Waals surface area contributed by atoms with Crippen LogP contribution in [0.4, 0.5) is 14.5 Å². The fraction of sp³-hybridized carbons (Fsp3) is 0.462. The number of amides is 1. The second kappa shape index (κ2) is 6.85. The van der Waals surface area contributed by atoms with Crippen molar-refractivity contribution in [1.82, 2.24) is 5.32 Å². The Morgan fingerprint density at radius 3 is 2.70 bits per heavy atom. The third-order valence-corrected chi connectivity index (χ3v) is 3.32. The zero-order valence-corrected chi connectivity index (χ0v) is 11.5. The summed E-state index contributed by atoms with van der Waals surface area (Å²) in [6, 6.07) is 1.78. The molecule has 1 saturated heterocycles. The molecule has 0 saturated carbocycles. The third kappa shape index (κ3) is 4.05. The van der Waals surface area contributed by atoms with Crippen LogP contribution in [-0.2, 0) is 9.53 Å². The minimum absolute atomic E-state index is 0.0739. The van der Waals surface area contributed by atoms with Crippen LogP contribution in [0.1, 0.15) is 12.8 Å². The number of halogens is 3. The summed E-state index contributed by atoms with van der Waals surface area (Å²) < 4.78 is 31.5. The molecule has 1 aromatic rings. The van der Waals surface area contributed by atoms with Gasteiger partial charge in [-0.3, -0.25) is 4.79 Å². The summed E-state index contributed by atoms with van der Waals surface area (Å²) in [7, 11) is 0. The molecule has 4 nitrogen and oxygen atoms in total. The average Bonchev–Trinajstić information content (AvgIpc) is 2.38. The van der Waals surface area contributed by atoms with E-state index in [0.29, 0.717) is 19.3 Å². The molecular formula is C13H15ClF2N2O2. The Balaban J connectivity index is 1.87. The van der Waals surface area contributed by atoms with Gasteiger partial charge in [-0.25, -0.2) is 8.78 Å². The van der Waals surface area contributed by atoms with Crippen LogP contribution in [0, 0.1) is 11.6 Å². The van der Waals surface area contributed by atoms with E-state index >= 15 is 0 Å². The number of carbonyl (C=O) groups excluding carboxylic acids is 1. The lowest BCUT2D eigenvalue weighted by Gasteiger charge is -2.23. The first-order valence-corrected chi connectivity index (χ1v) is 6.69. The van der Waals surface area contributed by atoms with Crippen molar-refractivity contribution in [2.75, 3.05) is 25.1 Å². The van der Waals surface area contributed by atoms with Gasteiger partial charge in [0.05, 0.1) is 17.3 Å². The first kappa shape index (κ1) is 15.0. The summed E-state index contributed by atoms with van der Waals surface area (Å²) in [5.74, 6) is -1.85. The maximum Gasteiger partial charge on any atom is 0.239 e. The smallest absolute Gasteiger partial charge is 0.239 e. The van der Waals surface area contributed by atoms with Crippen LogP contribution in [0.25, 0.3) is 0 Å².